The lowest BCUT2D eigenvalue weighted by atomic mass is 9.85. The Balaban J connectivity index is 1.42. The average Bonchev–Trinajstić information content (AvgIpc) is 3.53. The van der Waals surface area contributed by atoms with Crippen LogP contribution in [0.4, 0.5) is 11.5 Å². The Morgan fingerprint density at radius 3 is 2.49 bits per heavy atom. The van der Waals surface area contributed by atoms with Crippen LogP contribution in [0.3, 0.4) is 0 Å². The number of aromatic nitrogens is 2. The Morgan fingerprint density at radius 2 is 1.84 bits per heavy atom. The molecule has 3 aromatic heterocycles. The molecular formula is C26H28ClN5O5. The van der Waals surface area contributed by atoms with E-state index in [1.807, 2.05) is 0 Å². The zero-order valence-corrected chi connectivity index (χ0v) is 21.2. The number of nitrogens with zero attached hydrogens (tertiary/aromatic N) is 3. The number of anilines is 2. The lowest BCUT2D eigenvalue weighted by molar-refractivity contribution is -0.121. The van der Waals surface area contributed by atoms with Gasteiger partial charge in [-0.25, -0.2) is 14.8 Å². The smallest absolute Gasteiger partial charge is 0.354 e. The minimum atomic E-state index is -1.21. The van der Waals surface area contributed by atoms with Gasteiger partial charge < -0.3 is 25.1 Å². The number of pyridine rings is 2. The van der Waals surface area contributed by atoms with Crippen LogP contribution in [0.2, 0.25) is 5.02 Å². The standard InChI is InChI=1S/C26H28ClN5O5/c1-14-12-18-21(30-20(14)26(35)36)22(23(37-18)25(34)29-19-9-6-16(27)13-28-19)31-24(33)15-4-7-17(8-5-15)32-10-2-3-11-32/h6,9,12-13,15,17H,2-5,7-8,10-11H2,1H3,(H,31,33)(H,35,36)(H,28,29,34). The summed E-state index contributed by atoms with van der Waals surface area (Å²) in [6, 6.07) is 5.12. The van der Waals surface area contributed by atoms with Crippen LogP contribution in [-0.2, 0) is 4.79 Å². The zero-order valence-electron chi connectivity index (χ0n) is 20.4. The van der Waals surface area contributed by atoms with E-state index < -0.39 is 11.9 Å². The molecule has 2 aliphatic rings. The average molecular weight is 526 g/mol. The number of carboxylic acid groups (broad SMARTS) is 1. The molecule has 0 bridgehead atoms. The van der Waals surface area contributed by atoms with Crippen molar-refractivity contribution in [2.45, 2.75) is 51.5 Å². The topological polar surface area (TPSA) is 138 Å². The van der Waals surface area contributed by atoms with Crippen LogP contribution in [0.1, 0.15) is 65.1 Å². The molecule has 0 atom stereocenters. The van der Waals surface area contributed by atoms with Crippen LogP contribution in [0.5, 0.6) is 0 Å². The zero-order chi connectivity index (χ0) is 26.1. The predicted molar refractivity (Wildman–Crippen MR) is 138 cm³/mol. The second kappa shape index (κ2) is 10.5. The number of amides is 2. The molecule has 4 heterocycles. The van der Waals surface area contributed by atoms with Crippen molar-refractivity contribution in [1.82, 2.24) is 14.9 Å². The lowest BCUT2D eigenvalue weighted by Crippen LogP contribution is -2.38. The number of aryl methyl sites for hydroxylation is 1. The fraction of sp³-hybridized carbons (Fsp3) is 0.423. The number of carboxylic acids is 1. The van der Waals surface area contributed by atoms with Gasteiger partial charge in [-0.1, -0.05) is 11.6 Å². The minimum absolute atomic E-state index is 0.0515. The fourth-order valence-corrected chi connectivity index (χ4v) is 5.38. The van der Waals surface area contributed by atoms with E-state index in [4.69, 9.17) is 16.0 Å². The Kier molecular flexibility index (Phi) is 7.12. The number of carbonyl (C=O) groups excluding carboxylic acids is 2. The molecule has 3 aromatic rings. The Bertz CT molecular complexity index is 1340. The molecular weight excluding hydrogens is 498 g/mol. The Hall–Kier alpha value is -3.50. The van der Waals surface area contributed by atoms with Crippen LogP contribution in [-0.4, -0.2) is 56.9 Å². The van der Waals surface area contributed by atoms with Gasteiger partial charge in [0.15, 0.2) is 11.3 Å². The molecule has 194 valence electrons. The van der Waals surface area contributed by atoms with Crippen LogP contribution in [0.25, 0.3) is 11.1 Å². The van der Waals surface area contributed by atoms with Gasteiger partial charge in [0.2, 0.25) is 11.7 Å². The summed E-state index contributed by atoms with van der Waals surface area (Å²) >= 11 is 5.88. The van der Waals surface area contributed by atoms with Crippen molar-refractivity contribution in [3.8, 4) is 0 Å². The van der Waals surface area contributed by atoms with E-state index in [0.717, 1.165) is 38.8 Å². The van der Waals surface area contributed by atoms with E-state index in [9.17, 15) is 19.5 Å². The van der Waals surface area contributed by atoms with Gasteiger partial charge in [-0.15, -0.1) is 0 Å². The largest absolute Gasteiger partial charge is 0.477 e. The van der Waals surface area contributed by atoms with Gasteiger partial charge in [-0.05, 0) is 82.3 Å². The van der Waals surface area contributed by atoms with Crippen LogP contribution >= 0.6 is 11.6 Å². The molecule has 1 saturated heterocycles. The Morgan fingerprint density at radius 1 is 1.11 bits per heavy atom. The third kappa shape index (κ3) is 5.30. The monoisotopic (exact) mass is 525 g/mol. The molecule has 11 heteroatoms. The molecule has 2 amide bonds. The molecule has 1 saturated carbocycles. The Labute approximate surface area is 218 Å². The first-order valence-electron chi connectivity index (χ1n) is 12.5. The number of furan rings is 1. The molecule has 0 spiro atoms. The number of rotatable bonds is 6. The molecule has 10 nitrogen and oxygen atoms in total. The van der Waals surface area contributed by atoms with E-state index in [1.54, 1.807) is 13.0 Å². The normalized spacial score (nSPS) is 20.2. The highest BCUT2D eigenvalue weighted by molar-refractivity contribution is 6.30. The van der Waals surface area contributed by atoms with Crippen molar-refractivity contribution in [2.75, 3.05) is 23.7 Å². The first-order valence-corrected chi connectivity index (χ1v) is 12.8. The first-order chi connectivity index (χ1) is 17.8. The van der Waals surface area contributed by atoms with E-state index >= 15 is 0 Å². The summed E-state index contributed by atoms with van der Waals surface area (Å²) in [6.07, 6.45) is 7.23. The highest BCUT2D eigenvalue weighted by Gasteiger charge is 2.32. The highest BCUT2D eigenvalue weighted by Crippen LogP contribution is 2.34. The molecule has 2 fully saturated rings. The predicted octanol–water partition coefficient (Wildman–Crippen LogP) is 4.73. The van der Waals surface area contributed by atoms with Crippen LogP contribution < -0.4 is 10.6 Å². The van der Waals surface area contributed by atoms with Gasteiger partial charge in [-0.3, -0.25) is 9.59 Å². The van der Waals surface area contributed by atoms with E-state index in [1.165, 1.54) is 31.2 Å². The third-order valence-corrected chi connectivity index (χ3v) is 7.43. The summed E-state index contributed by atoms with van der Waals surface area (Å²) in [4.78, 5) is 49.0. The van der Waals surface area contributed by atoms with Gasteiger partial charge in [0.05, 0.1) is 5.02 Å². The maximum Gasteiger partial charge on any atom is 0.354 e. The summed E-state index contributed by atoms with van der Waals surface area (Å²) in [5, 5.41) is 15.4. The summed E-state index contributed by atoms with van der Waals surface area (Å²) in [5.74, 6) is -2.27. The van der Waals surface area contributed by atoms with Gasteiger partial charge in [0.1, 0.15) is 17.0 Å². The maximum atomic E-state index is 13.3. The SMILES string of the molecule is Cc1cc2oc(C(=O)Nc3ccc(Cl)cn3)c(NC(=O)C3CCC(N4CCCC4)CC3)c2nc1C(=O)O. The number of carbonyl (C=O) groups is 3. The molecule has 0 aromatic carbocycles. The highest BCUT2D eigenvalue weighted by atomic mass is 35.5. The molecule has 0 unspecified atom stereocenters. The number of nitrogens with one attached hydrogen (secondary N) is 2. The third-order valence-electron chi connectivity index (χ3n) is 7.20. The minimum Gasteiger partial charge on any atom is -0.477 e. The number of likely N-dealkylation sites (tertiary alicyclic amines) is 1. The quantitative estimate of drug-likeness (QED) is 0.420. The molecule has 1 aliphatic carbocycles. The maximum absolute atomic E-state index is 13.3. The first kappa shape index (κ1) is 25.2. The number of fused-ring (bicyclic) bond motifs is 1. The van der Waals surface area contributed by atoms with Gasteiger partial charge in [0, 0.05) is 18.2 Å². The summed E-state index contributed by atoms with van der Waals surface area (Å²) in [5.41, 5.74) is 0.552. The summed E-state index contributed by atoms with van der Waals surface area (Å²) in [7, 11) is 0. The van der Waals surface area contributed by atoms with Crippen molar-refractivity contribution in [3.05, 3.63) is 46.4 Å². The van der Waals surface area contributed by atoms with Crippen molar-refractivity contribution in [1.29, 1.82) is 0 Å². The number of aromatic carboxylic acids is 1. The van der Waals surface area contributed by atoms with E-state index in [0.29, 0.717) is 16.6 Å². The lowest BCUT2D eigenvalue weighted by Gasteiger charge is -2.33. The molecule has 1 aliphatic heterocycles. The van der Waals surface area contributed by atoms with Crippen molar-refractivity contribution >= 4 is 52.0 Å². The van der Waals surface area contributed by atoms with Gasteiger partial charge in [0.25, 0.3) is 5.91 Å². The van der Waals surface area contributed by atoms with Crippen molar-refractivity contribution < 1.29 is 23.9 Å². The van der Waals surface area contributed by atoms with E-state index in [-0.39, 0.29) is 45.9 Å². The second-order valence-corrected chi connectivity index (χ2v) is 10.1. The molecule has 5 rings (SSSR count). The number of halogens is 1. The van der Waals surface area contributed by atoms with Gasteiger partial charge in [-0.2, -0.15) is 0 Å². The second-order valence-electron chi connectivity index (χ2n) is 9.67. The fourth-order valence-electron chi connectivity index (χ4n) is 5.26. The van der Waals surface area contributed by atoms with Crippen molar-refractivity contribution in [2.24, 2.45) is 5.92 Å². The van der Waals surface area contributed by atoms with Crippen LogP contribution in [0.15, 0.2) is 28.8 Å². The summed E-state index contributed by atoms with van der Waals surface area (Å²) in [6.45, 7) is 3.84. The summed E-state index contributed by atoms with van der Waals surface area (Å²) < 4.78 is 5.80. The molecule has 0 radical (unpaired) electrons. The molecule has 37 heavy (non-hydrogen) atoms. The van der Waals surface area contributed by atoms with Gasteiger partial charge >= 0.3 is 5.97 Å². The van der Waals surface area contributed by atoms with Crippen LogP contribution in [0, 0.1) is 12.8 Å². The number of hydrogen-bond acceptors (Lipinski definition) is 7. The molecule has 3 N–H and O–H groups in total. The number of hydrogen-bond donors (Lipinski definition) is 3. The van der Waals surface area contributed by atoms with E-state index in [2.05, 4.69) is 25.5 Å². The van der Waals surface area contributed by atoms with Crippen molar-refractivity contribution in [3.63, 3.8) is 0 Å².